The van der Waals surface area contributed by atoms with Crippen LogP contribution in [0.5, 0.6) is 23.0 Å². The van der Waals surface area contributed by atoms with E-state index in [4.69, 9.17) is 95.0 Å². The molecule has 26 heteroatoms. The van der Waals surface area contributed by atoms with Gasteiger partial charge in [-0.3, -0.25) is 18.9 Å². The normalized spacial score (nSPS) is 10.9. The highest BCUT2D eigenvalue weighted by Gasteiger charge is 2.40. The van der Waals surface area contributed by atoms with E-state index in [0.29, 0.717) is 38.5 Å². The molecule has 0 unspecified atom stereocenters. The van der Waals surface area contributed by atoms with Crippen molar-refractivity contribution in [1.29, 1.82) is 0 Å². The lowest BCUT2D eigenvalue weighted by Crippen LogP contribution is -2.33. The third-order valence-electron chi connectivity index (χ3n) is 10.4. The molecule has 0 aliphatic heterocycles. The van der Waals surface area contributed by atoms with Gasteiger partial charge in [0.2, 0.25) is 5.91 Å². The number of fused-ring (bicyclic) bond motifs is 1. The number of aliphatic carboxylic acids is 1. The van der Waals surface area contributed by atoms with Gasteiger partial charge in [-0.25, -0.2) is 19.2 Å². The Bertz CT molecular complexity index is 3530. The number of aromatic hydroxyl groups is 1. The Balaban J connectivity index is 0.000000332. The number of phenols is 1. The van der Waals surface area contributed by atoms with Crippen molar-refractivity contribution in [2.75, 3.05) is 27.1 Å². The number of amides is 1. The van der Waals surface area contributed by atoms with Crippen LogP contribution in [0, 0.1) is 0 Å². The molecule has 0 atom stereocenters. The Labute approximate surface area is 492 Å². The smallest absolute Gasteiger partial charge is 0.353 e. The van der Waals surface area contributed by atoms with Gasteiger partial charge in [-0.1, -0.05) is 96.0 Å². The van der Waals surface area contributed by atoms with Crippen molar-refractivity contribution in [3.63, 3.8) is 0 Å². The van der Waals surface area contributed by atoms with E-state index in [1.807, 2.05) is 6.07 Å². The zero-order valence-electron chi connectivity index (χ0n) is 44.0. The van der Waals surface area contributed by atoms with E-state index < -0.39 is 48.6 Å². The minimum absolute atomic E-state index is 0.0462. The number of Topliss-reactive ketones (excluding diaryl/α,β-unsaturated/α-hetero) is 1. The number of hydrogen-bond acceptors (Lipinski definition) is 14. The van der Waals surface area contributed by atoms with E-state index in [-0.39, 0.29) is 56.7 Å². The van der Waals surface area contributed by atoms with Crippen LogP contribution in [-0.4, -0.2) is 109 Å². The monoisotopic (exact) mass is 1270 g/mol. The van der Waals surface area contributed by atoms with E-state index in [1.54, 1.807) is 109 Å². The first-order chi connectivity index (χ1) is 39.0. The number of carboxylic acids is 5. The van der Waals surface area contributed by atoms with Crippen LogP contribution >= 0.6 is 46.7 Å². The number of ketones is 1. The van der Waals surface area contributed by atoms with Gasteiger partial charge in [-0.2, -0.15) is 0 Å². The third kappa shape index (κ3) is 24.3. The number of phenolic OH excluding ortho intramolecular Hbond substituents is 1. The molecule has 1 aliphatic carbocycles. The molecule has 7 aromatic carbocycles. The molecular weight excluding hydrogens is 1210 g/mol. The highest BCUT2D eigenvalue weighted by atomic mass is 79.9. The number of anilines is 1. The third-order valence-corrected chi connectivity index (χ3v) is 13.0. The lowest BCUT2D eigenvalue weighted by atomic mass is 10.1. The first-order valence-electron chi connectivity index (χ1n) is 23.3. The number of benzene rings is 7. The second-order valence-corrected chi connectivity index (χ2v) is 19.9. The summed E-state index contributed by atoms with van der Waals surface area (Å²) < 4.78 is 26.4. The Kier molecular flexibility index (Phi) is 28.9. The van der Waals surface area contributed by atoms with Gasteiger partial charge in [0, 0.05) is 33.8 Å². The number of nitrogens with two attached hydrogens (primary N) is 3. The van der Waals surface area contributed by atoms with Crippen LogP contribution in [-0.2, 0) is 9.36 Å². The maximum Gasteiger partial charge on any atom is 0.353 e. The fourth-order valence-corrected chi connectivity index (χ4v) is 7.59. The average molecular weight is 1270 g/mol. The van der Waals surface area contributed by atoms with Gasteiger partial charge in [-0.05, 0) is 117 Å². The fourth-order valence-electron chi connectivity index (χ4n) is 6.16. The average Bonchev–Trinajstić information content (AvgIpc) is 4.08. The first kappa shape index (κ1) is 70.0. The lowest BCUT2D eigenvalue weighted by Gasteiger charge is -2.20. The molecular formula is C57H55BrCl2N3O19P. The Hall–Kier alpha value is -9.06. The maximum absolute atomic E-state index is 11.3. The van der Waals surface area contributed by atoms with E-state index in [2.05, 4.69) is 15.9 Å². The molecule has 0 radical (unpaired) electrons. The number of methoxy groups -OCH3 is 3. The van der Waals surface area contributed by atoms with Crippen LogP contribution in [0.1, 0.15) is 75.0 Å². The van der Waals surface area contributed by atoms with Gasteiger partial charge in [0.05, 0.1) is 60.0 Å². The highest BCUT2D eigenvalue weighted by Crippen LogP contribution is 2.49. The van der Waals surface area contributed by atoms with E-state index in [1.165, 1.54) is 75.9 Å². The van der Waals surface area contributed by atoms with Crippen LogP contribution in [0.3, 0.4) is 0 Å². The Morgan fingerprint density at radius 2 is 1.04 bits per heavy atom. The van der Waals surface area contributed by atoms with Crippen molar-refractivity contribution in [1.82, 2.24) is 0 Å². The number of aromatic carboxylic acids is 4. The van der Waals surface area contributed by atoms with Crippen LogP contribution in [0.15, 0.2) is 162 Å². The quantitative estimate of drug-likeness (QED) is 0.0292. The molecule has 8 rings (SSSR count). The van der Waals surface area contributed by atoms with Crippen LogP contribution in [0.2, 0.25) is 10.0 Å². The number of hydrogen-bond donors (Lipinski definition) is 11. The fraction of sp³-hybridized carbons (Fsp3) is 0.105. The Morgan fingerprint density at radius 1 is 0.530 bits per heavy atom. The summed E-state index contributed by atoms with van der Waals surface area (Å²) in [6.45, 7) is 0. The molecule has 22 nitrogen and oxygen atoms in total. The standard InChI is InChI=1S/C10H10O3.C9H10NO3P.C9H10O4.C8H7BrO3.C7H5ClO3.C7H5ClO2.C7H8N2O/c11-9(6-7-10(12)13)8-4-2-1-3-5-8;10-9(14(11,12)13)5-7-3-1-2-4-8(7)6-9;1-12-7-3-6(9(10)11)4-8(5-7)13-2;1-12-5-2-3-7(9)6(4-5)8(10)11;8-5-3-4(7(10)11)1-2-6(5)9;8-6-4-2-1-3-5(6)7(9)10;8-6-3-1-2-5(4-6)7(9)10/h1-5H,6-7H2,(H,12,13);1-6H,10H2,(H2,11,12,13);3-5H,1-2H3,(H,10,11);2-4H,1H3,(H,10,11);1-3,9H,(H,10,11);1-4H,(H,9,10);1-4H,8H2,(H2,9,10). The zero-order chi connectivity index (χ0) is 62.6. The summed E-state index contributed by atoms with van der Waals surface area (Å²) in [4.78, 5) is 92.0. The van der Waals surface area contributed by atoms with Crippen molar-refractivity contribution in [2.45, 2.75) is 18.1 Å². The van der Waals surface area contributed by atoms with Gasteiger partial charge in [0.1, 0.15) is 23.0 Å². The zero-order valence-corrected chi connectivity index (χ0v) is 48.0. The lowest BCUT2D eigenvalue weighted by molar-refractivity contribution is -0.137. The van der Waals surface area contributed by atoms with Crippen LogP contribution in [0.25, 0.3) is 12.2 Å². The van der Waals surface area contributed by atoms with E-state index >= 15 is 0 Å². The summed E-state index contributed by atoms with van der Waals surface area (Å²) >= 11 is 14.1. The van der Waals surface area contributed by atoms with Crippen molar-refractivity contribution < 1.29 is 92.8 Å². The van der Waals surface area contributed by atoms with Crippen molar-refractivity contribution in [3.05, 3.63) is 216 Å². The predicted molar refractivity (Wildman–Crippen MR) is 313 cm³/mol. The van der Waals surface area contributed by atoms with Crippen molar-refractivity contribution in [3.8, 4) is 23.0 Å². The molecule has 0 aromatic heterocycles. The number of carbonyl (C=O) groups excluding carboxylic acids is 2. The number of nitrogen functional groups attached to an aromatic ring is 1. The molecule has 0 bridgehead atoms. The molecule has 83 heavy (non-hydrogen) atoms. The van der Waals surface area contributed by atoms with Crippen molar-refractivity contribution in [2.24, 2.45) is 11.5 Å². The van der Waals surface area contributed by atoms with Gasteiger partial charge in [0.15, 0.2) is 11.1 Å². The molecule has 1 aliphatic rings. The summed E-state index contributed by atoms with van der Waals surface area (Å²) in [5.41, 5.74) is 18.1. The number of carbonyl (C=O) groups is 7. The number of ether oxygens (including phenoxy) is 3. The van der Waals surface area contributed by atoms with Crippen molar-refractivity contribution >= 4 is 106 Å². The summed E-state index contributed by atoms with van der Waals surface area (Å²) in [5, 5.41) is 51.8. The van der Waals surface area contributed by atoms with Crippen LogP contribution in [0.4, 0.5) is 5.69 Å². The second-order valence-electron chi connectivity index (χ2n) is 16.3. The molecule has 0 spiro atoms. The number of carboxylic acid groups (broad SMARTS) is 5. The molecule has 0 heterocycles. The number of halogens is 3. The molecule has 438 valence electrons. The largest absolute Gasteiger partial charge is 0.506 e. The topological polar surface area (TPSA) is 404 Å². The molecule has 0 saturated carbocycles. The van der Waals surface area contributed by atoms with Gasteiger partial charge in [-0.15, -0.1) is 0 Å². The highest BCUT2D eigenvalue weighted by molar-refractivity contribution is 9.10. The summed E-state index contributed by atoms with van der Waals surface area (Å²) in [6, 6.07) is 41.7. The molecule has 0 fully saturated rings. The van der Waals surface area contributed by atoms with E-state index in [0.717, 1.165) is 10.4 Å². The van der Waals surface area contributed by atoms with E-state index in [9.17, 15) is 38.1 Å². The SMILES string of the molecule is COc1cc(OC)cc(C(=O)O)c1.COc1ccc(Br)c(C(=O)O)c1.NC(=O)c1cccc(N)c1.NC1(P(=O)(O)O)C=c2ccccc2=C1.O=C(O)CCC(=O)c1ccccc1.O=C(O)c1ccc(O)c(Cl)c1.O=C(O)c1ccccc1Cl. The maximum atomic E-state index is 11.3. The molecule has 7 aromatic rings. The van der Waals surface area contributed by atoms with Crippen LogP contribution < -0.4 is 41.8 Å². The molecule has 14 N–H and O–H groups in total. The predicted octanol–water partition coefficient (Wildman–Crippen LogP) is 8.54. The minimum Gasteiger partial charge on any atom is -0.506 e. The van der Waals surface area contributed by atoms with Gasteiger partial charge < -0.3 is 71.8 Å². The molecule has 0 saturated heterocycles. The summed E-state index contributed by atoms with van der Waals surface area (Å²) in [7, 11) is 0.0988. The number of rotatable bonds is 13. The summed E-state index contributed by atoms with van der Waals surface area (Å²) in [6.07, 6.45) is 2.78. The number of primary amides is 1. The van der Waals surface area contributed by atoms with Gasteiger partial charge in [0.25, 0.3) is 0 Å². The summed E-state index contributed by atoms with van der Waals surface area (Å²) in [5.74, 6) is -4.18. The molecule has 1 amide bonds. The Morgan fingerprint density at radius 3 is 1.46 bits per heavy atom. The minimum atomic E-state index is -4.34. The second kappa shape index (κ2) is 34.3. The first-order valence-corrected chi connectivity index (χ1v) is 26.5. The van der Waals surface area contributed by atoms with Gasteiger partial charge >= 0.3 is 37.4 Å².